The maximum atomic E-state index is 14.7. The van der Waals surface area contributed by atoms with Gasteiger partial charge in [-0.15, -0.1) is 6.58 Å². The molecule has 2 heterocycles. The summed E-state index contributed by atoms with van der Waals surface area (Å²) in [4.78, 5) is 53.0. The van der Waals surface area contributed by atoms with Gasteiger partial charge in [-0.3, -0.25) is 4.79 Å². The molecule has 1 aliphatic heterocycles. The Morgan fingerprint density at radius 1 is 1.06 bits per heavy atom. The molecule has 2 aromatic rings. The van der Waals surface area contributed by atoms with Gasteiger partial charge in [-0.2, -0.15) is 0 Å². The van der Waals surface area contributed by atoms with E-state index in [9.17, 15) is 14.4 Å². The van der Waals surface area contributed by atoms with Crippen LogP contribution >= 0.6 is 0 Å². The Morgan fingerprint density at radius 3 is 2.33 bits per heavy atom. The summed E-state index contributed by atoms with van der Waals surface area (Å²) in [5.41, 5.74) is 0.122. The molecular weight excluding hydrogens is 660 g/mol. The number of benzene rings is 1. The van der Waals surface area contributed by atoms with Gasteiger partial charge in [-0.05, 0) is 88.3 Å². The summed E-state index contributed by atoms with van der Waals surface area (Å²) in [6.45, 7) is 26.9. The monoisotopic (exact) mass is 724 g/mol. The molecule has 52 heavy (non-hydrogen) atoms. The fourth-order valence-corrected chi connectivity index (χ4v) is 6.54. The number of nitrogens with one attached hydrogen (secondary N) is 1. The minimum atomic E-state index is -0.993. The predicted molar refractivity (Wildman–Crippen MR) is 207 cm³/mol. The fourth-order valence-electron chi connectivity index (χ4n) is 6.54. The van der Waals surface area contributed by atoms with Crippen LogP contribution in [-0.2, 0) is 19.1 Å². The van der Waals surface area contributed by atoms with Crippen LogP contribution in [0.25, 0.3) is 17.1 Å². The normalized spacial score (nSPS) is 21.8. The van der Waals surface area contributed by atoms with E-state index in [0.29, 0.717) is 34.8 Å². The first-order valence-electron chi connectivity index (χ1n) is 18.7. The fraction of sp³-hybridized carbons (Fsp3) is 0.634. The number of hydrogen-bond donors (Lipinski definition) is 1. The highest BCUT2D eigenvalue weighted by molar-refractivity contribution is 5.91. The average molecular weight is 725 g/mol. The number of fused-ring (bicyclic) bond motifs is 1. The molecule has 290 valence electrons. The van der Waals surface area contributed by atoms with E-state index in [2.05, 4.69) is 32.3 Å². The number of carbonyl (C=O) groups excluding carboxylic acids is 3. The van der Waals surface area contributed by atoms with E-state index in [1.807, 2.05) is 46.8 Å². The van der Waals surface area contributed by atoms with E-state index in [1.165, 1.54) is 4.90 Å². The number of rotatable bonds is 14. The second kappa shape index (κ2) is 18.1. The number of nitrogens with zero attached hydrogens (tertiary/aromatic N) is 3. The Kier molecular flexibility index (Phi) is 14.7. The lowest BCUT2D eigenvalue weighted by atomic mass is 9.85. The van der Waals surface area contributed by atoms with Gasteiger partial charge in [0, 0.05) is 13.4 Å². The first-order chi connectivity index (χ1) is 24.4. The van der Waals surface area contributed by atoms with Crippen LogP contribution in [0.3, 0.4) is 0 Å². The quantitative estimate of drug-likeness (QED) is 0.116. The van der Waals surface area contributed by atoms with Crippen molar-refractivity contribution in [2.75, 3.05) is 13.7 Å². The van der Waals surface area contributed by atoms with Crippen molar-refractivity contribution in [1.29, 1.82) is 0 Å². The molecule has 1 N–H and O–H groups in total. The van der Waals surface area contributed by atoms with Gasteiger partial charge in [0.15, 0.2) is 0 Å². The Morgan fingerprint density at radius 2 is 1.75 bits per heavy atom. The first-order valence-corrected chi connectivity index (χ1v) is 18.7. The van der Waals surface area contributed by atoms with Gasteiger partial charge in [-0.25, -0.2) is 19.6 Å². The summed E-state index contributed by atoms with van der Waals surface area (Å²) in [5, 5.41) is 2.86. The van der Waals surface area contributed by atoms with Gasteiger partial charge >= 0.3 is 12.1 Å². The SMILES string of the molecule is C=CCCC[C@@H]1C[C@H]1OC(=O)N[C@H](C(=O)N1C[C@H](Oc2nc3cc(OC)ccc3nc2C=C)[C@@H](CC(C)C)[C@H]1C(=O)OC(C)(C)C)C(C)(C)C.CC.[HH]. The van der Waals surface area contributed by atoms with Crippen LogP contribution in [0.4, 0.5) is 4.79 Å². The van der Waals surface area contributed by atoms with Crippen LogP contribution in [0.1, 0.15) is 108 Å². The van der Waals surface area contributed by atoms with Gasteiger partial charge in [-0.1, -0.05) is 61.1 Å². The summed E-state index contributed by atoms with van der Waals surface area (Å²) in [6, 6.07) is 3.41. The molecule has 0 radical (unpaired) electrons. The second-order valence-electron chi connectivity index (χ2n) is 16.0. The summed E-state index contributed by atoms with van der Waals surface area (Å²) in [5.74, 6) is -0.0789. The van der Waals surface area contributed by atoms with Crippen LogP contribution in [0.15, 0.2) is 37.4 Å². The molecule has 0 bridgehead atoms. The van der Waals surface area contributed by atoms with E-state index in [0.717, 1.165) is 25.7 Å². The van der Waals surface area contributed by atoms with Gasteiger partial charge in [0.05, 0.1) is 24.7 Å². The topological polar surface area (TPSA) is 129 Å². The van der Waals surface area contributed by atoms with Crippen LogP contribution in [-0.4, -0.2) is 76.4 Å². The lowest BCUT2D eigenvalue weighted by Crippen LogP contribution is -2.58. The van der Waals surface area contributed by atoms with Gasteiger partial charge in [0.1, 0.15) is 41.3 Å². The molecule has 2 fully saturated rings. The molecule has 1 saturated carbocycles. The summed E-state index contributed by atoms with van der Waals surface area (Å²) in [6.07, 6.45) is 6.22. The number of carbonyl (C=O) groups is 3. The van der Waals surface area contributed by atoms with E-state index < -0.39 is 53.1 Å². The predicted octanol–water partition coefficient (Wildman–Crippen LogP) is 8.40. The molecule has 6 atom stereocenters. The molecule has 1 saturated heterocycles. The van der Waals surface area contributed by atoms with Crippen molar-refractivity contribution in [3.8, 4) is 11.6 Å². The van der Waals surface area contributed by atoms with Gasteiger partial charge < -0.3 is 29.2 Å². The first kappa shape index (κ1) is 42.3. The molecule has 2 aliphatic rings. The minimum absolute atomic E-state index is 0. The molecule has 1 aliphatic carbocycles. The summed E-state index contributed by atoms with van der Waals surface area (Å²) < 4.78 is 23.7. The molecule has 0 unspecified atom stereocenters. The van der Waals surface area contributed by atoms with Crippen LogP contribution in [0.2, 0.25) is 0 Å². The maximum Gasteiger partial charge on any atom is 0.408 e. The van der Waals surface area contributed by atoms with Crippen LogP contribution in [0, 0.1) is 23.2 Å². The van der Waals surface area contributed by atoms with E-state index >= 15 is 0 Å². The summed E-state index contributed by atoms with van der Waals surface area (Å²) in [7, 11) is 1.58. The number of ether oxygens (including phenoxy) is 4. The number of methoxy groups -OCH3 is 1. The Labute approximate surface area is 312 Å². The smallest absolute Gasteiger partial charge is 0.408 e. The number of aromatic nitrogens is 2. The van der Waals surface area contributed by atoms with Crippen molar-refractivity contribution >= 4 is 35.1 Å². The van der Waals surface area contributed by atoms with Crippen molar-refractivity contribution in [3.05, 3.63) is 43.1 Å². The van der Waals surface area contributed by atoms with Crippen molar-refractivity contribution in [1.82, 2.24) is 20.2 Å². The number of esters is 1. The zero-order valence-corrected chi connectivity index (χ0v) is 33.3. The number of allylic oxidation sites excluding steroid dienone is 1. The third kappa shape index (κ3) is 11.2. The molecule has 11 nitrogen and oxygen atoms in total. The highest BCUT2D eigenvalue weighted by atomic mass is 16.6. The Balaban J connectivity index is 0.00000318. The number of unbranched alkanes of at least 4 members (excludes halogenated alkanes) is 1. The zero-order chi connectivity index (χ0) is 39.0. The second-order valence-corrected chi connectivity index (χ2v) is 16.0. The standard InChI is InChI=1S/C39H56N4O7.C2H6.H2/c1-12-14-15-16-24-20-30(24)49-37(46)42-33(38(5,6)7)35(44)43-22-31(26(19-23(3)4)32(43)36(45)50-39(8,9)10)48-34-27(13-2)40-28-18-17-25(47-11)21-29(28)41-34;1-2;/h12-13,17-18,21,23-24,26,30-33H,1-2,14-16,19-20,22H2,3-11H3,(H,42,46);1-2H3;1H/t24-,26-,30-,31+,32+,33-;;/m1../s1. The van der Waals surface area contributed by atoms with Crippen molar-refractivity contribution < 1.29 is 34.8 Å². The van der Waals surface area contributed by atoms with E-state index in [-0.39, 0.29) is 25.9 Å². The third-order valence-electron chi connectivity index (χ3n) is 9.07. The van der Waals surface area contributed by atoms with Crippen molar-refractivity contribution in [3.63, 3.8) is 0 Å². The van der Waals surface area contributed by atoms with Crippen molar-refractivity contribution in [2.24, 2.45) is 23.2 Å². The number of hydrogen-bond acceptors (Lipinski definition) is 9. The maximum absolute atomic E-state index is 14.7. The lowest BCUT2D eigenvalue weighted by molar-refractivity contribution is -0.165. The average Bonchev–Trinajstić information content (AvgIpc) is 3.71. The highest BCUT2D eigenvalue weighted by Crippen LogP contribution is 2.39. The molecule has 11 heteroatoms. The molecule has 1 aromatic heterocycles. The molecular formula is C41H64N4O7. The van der Waals surface area contributed by atoms with E-state index in [1.54, 1.807) is 46.1 Å². The van der Waals surface area contributed by atoms with Crippen molar-refractivity contribution in [2.45, 2.75) is 131 Å². The highest BCUT2D eigenvalue weighted by Gasteiger charge is 2.53. The zero-order valence-electron chi connectivity index (χ0n) is 33.3. The summed E-state index contributed by atoms with van der Waals surface area (Å²) >= 11 is 0. The Hall–Kier alpha value is -4.15. The molecule has 1 aromatic carbocycles. The van der Waals surface area contributed by atoms with Crippen LogP contribution in [0.5, 0.6) is 11.6 Å². The molecule has 4 rings (SSSR count). The largest absolute Gasteiger partial charge is 0.497 e. The third-order valence-corrected chi connectivity index (χ3v) is 9.07. The van der Waals surface area contributed by atoms with E-state index in [4.69, 9.17) is 28.9 Å². The Bertz CT molecular complexity index is 1570. The number of alkyl carbamates (subject to hydrolysis) is 1. The van der Waals surface area contributed by atoms with Crippen LogP contribution < -0.4 is 14.8 Å². The lowest BCUT2D eigenvalue weighted by Gasteiger charge is -2.36. The molecule has 0 spiro atoms. The number of likely N-dealkylation sites (tertiary alicyclic amines) is 1. The van der Waals surface area contributed by atoms with Gasteiger partial charge in [0.25, 0.3) is 0 Å². The number of amides is 2. The van der Waals surface area contributed by atoms with Gasteiger partial charge in [0.2, 0.25) is 11.8 Å². The molecule has 2 amide bonds. The minimum Gasteiger partial charge on any atom is -0.497 e.